The van der Waals surface area contributed by atoms with Crippen LogP contribution in [-0.4, -0.2) is 53.3 Å². The summed E-state index contributed by atoms with van der Waals surface area (Å²) in [5.74, 6) is 0. The van der Waals surface area contributed by atoms with Crippen molar-refractivity contribution in [1.82, 2.24) is 0 Å². The van der Waals surface area contributed by atoms with Crippen LogP contribution in [-0.2, 0) is 10.4 Å². The second-order valence-corrected chi connectivity index (χ2v) is 3.79. The van der Waals surface area contributed by atoms with Crippen molar-refractivity contribution in [3.63, 3.8) is 0 Å². The highest BCUT2D eigenvalue weighted by molar-refractivity contribution is 7.79. The van der Waals surface area contributed by atoms with Crippen molar-refractivity contribution < 1.29 is 27.7 Å². The molecule has 0 saturated heterocycles. The largest absolute Gasteiger partial charge is 0.759 e. The average Bonchev–Trinajstić information content (AvgIpc) is 2.01. The molecule has 0 aromatic carbocycles. The third-order valence-electron chi connectivity index (χ3n) is 0.316. The molecule has 84 valence electrons. The minimum absolute atomic E-state index is 0.332. The lowest BCUT2D eigenvalue weighted by Crippen LogP contribution is -1.91. The van der Waals surface area contributed by atoms with E-state index in [9.17, 15) is 0 Å². The molecule has 0 aliphatic carbocycles. The lowest BCUT2D eigenvalue weighted by molar-refractivity contribution is 0.322. The number of aliphatic hydroxyl groups is 2. The molecule has 2 atom stereocenters. The summed E-state index contributed by atoms with van der Waals surface area (Å²) in [6.07, 6.45) is 1.81. The van der Waals surface area contributed by atoms with Crippen molar-refractivity contribution in [3.8, 4) is 0 Å². The van der Waals surface area contributed by atoms with Gasteiger partial charge in [-0.2, -0.15) is 0 Å². The van der Waals surface area contributed by atoms with Gasteiger partial charge in [-0.25, -0.2) is 0 Å². The van der Waals surface area contributed by atoms with Gasteiger partial charge >= 0.3 is 0 Å². The first kappa shape index (κ1) is 19.3. The van der Waals surface area contributed by atoms with E-state index in [1.54, 1.807) is 18.5 Å². The molecule has 2 N–H and O–H groups in total. The molecule has 0 aromatic heterocycles. The van der Waals surface area contributed by atoms with Crippen molar-refractivity contribution in [2.24, 2.45) is 0 Å². The Morgan fingerprint density at radius 3 is 1.08 bits per heavy atom. The zero-order chi connectivity index (χ0) is 11.3. The fourth-order valence-corrected chi connectivity index (χ4v) is 0. The van der Waals surface area contributed by atoms with Crippen LogP contribution in [0.3, 0.4) is 0 Å². The van der Waals surface area contributed by atoms with Gasteiger partial charge in [0.15, 0.2) is 0 Å². The predicted molar refractivity (Wildman–Crippen MR) is 56.6 cm³/mol. The standard InChI is InChI=1S/2C2H7OP.H2O4S/c2*3-1-2-4;1-5(2,3)4/h2*3H,1-2,4H2;(H2,1,2,3,4). The molecule has 0 bridgehead atoms. The van der Waals surface area contributed by atoms with Gasteiger partial charge < -0.3 is 19.3 Å². The molecular formula is C4H16O6P2S. The highest BCUT2D eigenvalue weighted by atomic mass is 32.3. The summed E-state index contributed by atoms with van der Waals surface area (Å²) in [6, 6.07) is 0. The van der Waals surface area contributed by atoms with Crippen LogP contribution in [0.2, 0.25) is 0 Å². The first-order valence-corrected chi connectivity index (χ1v) is 6.63. The van der Waals surface area contributed by atoms with Crippen molar-refractivity contribution >= 4 is 28.9 Å². The molecule has 0 aliphatic rings. The molecule has 0 amide bonds. The smallest absolute Gasteiger partial charge is 0.0762 e. The number of rotatable bonds is 2. The summed E-state index contributed by atoms with van der Waals surface area (Å²) in [5.41, 5.74) is 0. The van der Waals surface area contributed by atoms with Crippen molar-refractivity contribution in [2.75, 3.05) is 25.5 Å². The molecule has 0 fully saturated rings. The Morgan fingerprint density at radius 2 is 1.08 bits per heavy atom. The number of aliphatic hydroxyl groups excluding tert-OH is 2. The maximum absolute atomic E-state index is 8.52. The molecule has 2 unspecified atom stereocenters. The zero-order valence-electron chi connectivity index (χ0n) is 7.18. The molecule has 13 heavy (non-hydrogen) atoms. The summed E-state index contributed by atoms with van der Waals surface area (Å²) >= 11 is 0. The van der Waals surface area contributed by atoms with Gasteiger partial charge in [-0.15, -0.1) is 0 Å². The molecule has 0 aromatic rings. The SMILES string of the molecule is O=S(=O)([O-])[O-].OCC[PH3+].OCC[PH3+]. The van der Waals surface area contributed by atoms with Crippen LogP contribution < -0.4 is 0 Å². The molecule has 0 heterocycles. The van der Waals surface area contributed by atoms with Crippen molar-refractivity contribution in [3.05, 3.63) is 0 Å². The van der Waals surface area contributed by atoms with Gasteiger partial charge in [0, 0.05) is 10.4 Å². The van der Waals surface area contributed by atoms with Crippen molar-refractivity contribution in [1.29, 1.82) is 0 Å². The van der Waals surface area contributed by atoms with E-state index in [-0.39, 0.29) is 0 Å². The van der Waals surface area contributed by atoms with E-state index in [4.69, 9.17) is 27.7 Å². The van der Waals surface area contributed by atoms with Gasteiger partial charge in [-0.1, -0.05) is 0 Å². The Kier molecular flexibility index (Phi) is 22.4. The van der Waals surface area contributed by atoms with E-state index >= 15 is 0 Å². The fraction of sp³-hybridized carbons (Fsp3) is 1.00. The Morgan fingerprint density at radius 1 is 1.00 bits per heavy atom. The van der Waals surface area contributed by atoms with Crippen molar-refractivity contribution in [2.45, 2.75) is 0 Å². The van der Waals surface area contributed by atoms with Gasteiger partial charge in [0.2, 0.25) is 0 Å². The fourth-order valence-electron chi connectivity index (χ4n) is 0. The number of hydrogen-bond donors (Lipinski definition) is 2. The summed E-state index contributed by atoms with van der Waals surface area (Å²) in [6.45, 7) is 0.664. The second-order valence-electron chi connectivity index (χ2n) is 1.56. The van der Waals surface area contributed by atoms with Gasteiger partial charge in [-0.05, 0) is 18.5 Å². The van der Waals surface area contributed by atoms with E-state index in [2.05, 4.69) is 0 Å². The maximum atomic E-state index is 8.52. The first-order valence-electron chi connectivity index (χ1n) is 3.30. The molecular weight excluding hydrogens is 238 g/mol. The lowest BCUT2D eigenvalue weighted by atomic mass is 10.9. The maximum Gasteiger partial charge on any atom is 0.0762 e. The van der Waals surface area contributed by atoms with Crippen LogP contribution in [0.1, 0.15) is 0 Å². The number of hydrogen-bond acceptors (Lipinski definition) is 6. The summed E-state index contributed by atoms with van der Waals surface area (Å²) in [7, 11) is -1.62. The normalized spacial score (nSPS) is 9.54. The quantitative estimate of drug-likeness (QED) is 0.329. The summed E-state index contributed by atoms with van der Waals surface area (Å²) in [5, 5.41) is 15.8. The predicted octanol–water partition coefficient (Wildman–Crippen LogP) is -2.17. The van der Waals surface area contributed by atoms with E-state index in [0.717, 1.165) is 12.3 Å². The summed E-state index contributed by atoms with van der Waals surface area (Å²) < 4.78 is 34.1. The molecule has 0 aliphatic heterocycles. The second kappa shape index (κ2) is 15.1. The molecule has 0 spiro atoms. The highest BCUT2D eigenvalue weighted by Crippen LogP contribution is 1.71. The van der Waals surface area contributed by atoms with Crippen LogP contribution in [0.5, 0.6) is 0 Å². The molecule has 6 nitrogen and oxygen atoms in total. The molecule has 0 saturated carbocycles. The lowest BCUT2D eigenvalue weighted by Gasteiger charge is -2.06. The Hall–Kier alpha value is 0.650. The van der Waals surface area contributed by atoms with E-state index in [0.29, 0.717) is 13.2 Å². The minimum Gasteiger partial charge on any atom is -0.759 e. The van der Waals surface area contributed by atoms with Crippen LogP contribution in [0, 0.1) is 0 Å². The third-order valence-corrected chi connectivity index (χ3v) is 0.949. The van der Waals surface area contributed by atoms with Gasteiger partial charge in [0.05, 0.1) is 25.5 Å². The highest BCUT2D eigenvalue weighted by Gasteiger charge is 1.63. The van der Waals surface area contributed by atoms with E-state index in [1.807, 2.05) is 0 Å². The Bertz CT molecular complexity index is 142. The van der Waals surface area contributed by atoms with Gasteiger partial charge in [0.1, 0.15) is 0 Å². The van der Waals surface area contributed by atoms with Gasteiger partial charge in [0.25, 0.3) is 0 Å². The average molecular weight is 254 g/mol. The summed E-state index contributed by atoms with van der Waals surface area (Å²) in [4.78, 5) is 0. The molecule has 0 radical (unpaired) electrons. The molecule has 9 heteroatoms. The zero-order valence-corrected chi connectivity index (χ0v) is 10.8. The van der Waals surface area contributed by atoms with Crippen LogP contribution >= 0.6 is 18.5 Å². The van der Waals surface area contributed by atoms with Gasteiger partial charge in [-0.3, -0.25) is 8.42 Å². The minimum atomic E-state index is -5.17. The van der Waals surface area contributed by atoms with Crippen LogP contribution in [0.25, 0.3) is 0 Å². The van der Waals surface area contributed by atoms with Crippen LogP contribution in [0.4, 0.5) is 0 Å². The van der Waals surface area contributed by atoms with E-state index < -0.39 is 10.4 Å². The molecule has 0 rings (SSSR count). The Labute approximate surface area is 82.7 Å². The topological polar surface area (TPSA) is 121 Å². The third kappa shape index (κ3) is 204. The monoisotopic (exact) mass is 254 g/mol. The Balaban J connectivity index is -0.000000117. The first-order chi connectivity index (χ1) is 5.83. The van der Waals surface area contributed by atoms with Crippen LogP contribution in [0.15, 0.2) is 0 Å². The van der Waals surface area contributed by atoms with E-state index in [1.165, 1.54) is 0 Å².